The summed E-state index contributed by atoms with van der Waals surface area (Å²) in [5.41, 5.74) is -1.09. The van der Waals surface area contributed by atoms with Gasteiger partial charge in [-0.15, -0.1) is 0 Å². The Balaban J connectivity index is 1.84. The first-order chi connectivity index (χ1) is 11.0. The molecule has 2 aliphatic rings. The van der Waals surface area contributed by atoms with Crippen LogP contribution >= 0.6 is 0 Å². The molecule has 1 N–H and O–H groups in total. The molecule has 24 heavy (non-hydrogen) atoms. The number of carbonyl (C=O) groups is 1. The number of aromatic nitrogens is 2. The number of carboxylic acids is 1. The van der Waals surface area contributed by atoms with E-state index in [2.05, 4.69) is 5.10 Å². The molecule has 2 atom stereocenters. The van der Waals surface area contributed by atoms with Gasteiger partial charge in [0.25, 0.3) is 0 Å². The molecule has 7 nitrogen and oxygen atoms in total. The number of fused-ring (bicyclic) bond motifs is 1. The van der Waals surface area contributed by atoms with E-state index in [1.54, 1.807) is 0 Å². The standard InChI is InChI=1S/C13H16F3N3O4S/c14-13(15,16)8-18-6-10(4-17-18)24(22,23)19-5-9-2-1-3-12(9,7-19)11(20)21/h4,6,9H,1-3,5,7-8H2,(H,20,21)/t9-,12+/m0/s1. The average molecular weight is 367 g/mol. The Hall–Kier alpha value is -1.62. The van der Waals surface area contributed by atoms with Crippen LogP contribution < -0.4 is 0 Å². The molecular formula is C13H16F3N3O4S. The average Bonchev–Trinajstić information content (AvgIpc) is 3.08. The van der Waals surface area contributed by atoms with E-state index < -0.39 is 34.1 Å². The van der Waals surface area contributed by atoms with Crippen LogP contribution in [0.25, 0.3) is 0 Å². The van der Waals surface area contributed by atoms with Crippen LogP contribution in [0.2, 0.25) is 0 Å². The van der Waals surface area contributed by atoms with Crippen molar-refractivity contribution in [3.05, 3.63) is 12.4 Å². The highest BCUT2D eigenvalue weighted by Crippen LogP contribution is 2.50. The lowest BCUT2D eigenvalue weighted by molar-refractivity contribution is -0.149. The van der Waals surface area contributed by atoms with Gasteiger partial charge in [0.2, 0.25) is 10.0 Å². The van der Waals surface area contributed by atoms with Gasteiger partial charge in [0, 0.05) is 19.3 Å². The summed E-state index contributed by atoms with van der Waals surface area (Å²) >= 11 is 0. The summed E-state index contributed by atoms with van der Waals surface area (Å²) in [6, 6.07) is 0. The number of rotatable bonds is 4. The van der Waals surface area contributed by atoms with Crippen molar-refractivity contribution >= 4 is 16.0 Å². The van der Waals surface area contributed by atoms with Crippen molar-refractivity contribution in [2.24, 2.45) is 11.3 Å². The van der Waals surface area contributed by atoms with Crippen molar-refractivity contribution < 1.29 is 31.5 Å². The largest absolute Gasteiger partial charge is 0.481 e. The van der Waals surface area contributed by atoms with Gasteiger partial charge >= 0.3 is 12.1 Å². The first-order valence-corrected chi connectivity index (χ1v) is 8.81. The second-order valence-corrected chi connectivity index (χ2v) is 8.27. The van der Waals surface area contributed by atoms with Crippen molar-refractivity contribution in [1.82, 2.24) is 14.1 Å². The van der Waals surface area contributed by atoms with Gasteiger partial charge in [-0.1, -0.05) is 6.42 Å². The molecule has 1 aromatic heterocycles. The summed E-state index contributed by atoms with van der Waals surface area (Å²) in [7, 11) is -4.07. The Morgan fingerprint density at radius 1 is 1.46 bits per heavy atom. The summed E-state index contributed by atoms with van der Waals surface area (Å²) in [6.45, 7) is -1.47. The lowest BCUT2D eigenvalue weighted by Crippen LogP contribution is -2.37. The topological polar surface area (TPSA) is 92.5 Å². The molecular weight excluding hydrogens is 351 g/mol. The molecule has 0 unspecified atom stereocenters. The number of sulfonamides is 1. The molecule has 1 aliphatic heterocycles. The third kappa shape index (κ3) is 2.79. The van der Waals surface area contributed by atoms with E-state index in [9.17, 15) is 31.5 Å². The summed E-state index contributed by atoms with van der Waals surface area (Å²) in [6.07, 6.45) is -1.05. The fraction of sp³-hybridized carbons (Fsp3) is 0.692. The molecule has 1 saturated heterocycles. The maximum atomic E-state index is 12.6. The Morgan fingerprint density at radius 2 is 2.17 bits per heavy atom. The highest BCUT2D eigenvalue weighted by molar-refractivity contribution is 7.89. The predicted molar refractivity (Wildman–Crippen MR) is 74.5 cm³/mol. The molecule has 0 amide bonds. The van der Waals surface area contributed by atoms with Crippen LogP contribution in [0, 0.1) is 11.3 Å². The molecule has 2 heterocycles. The smallest absolute Gasteiger partial charge is 0.408 e. The first kappa shape index (κ1) is 17.2. The third-order valence-electron chi connectivity index (χ3n) is 4.85. The van der Waals surface area contributed by atoms with Crippen LogP contribution in [0.15, 0.2) is 17.3 Å². The minimum Gasteiger partial charge on any atom is -0.481 e. The van der Waals surface area contributed by atoms with Gasteiger partial charge in [-0.05, 0) is 18.8 Å². The highest BCUT2D eigenvalue weighted by Gasteiger charge is 2.57. The zero-order valence-corrected chi connectivity index (χ0v) is 13.3. The number of halogens is 3. The van der Waals surface area contributed by atoms with E-state index in [-0.39, 0.29) is 23.9 Å². The summed E-state index contributed by atoms with van der Waals surface area (Å²) in [5.74, 6) is -1.29. The normalized spacial score (nSPS) is 28.2. The Kier molecular flexibility index (Phi) is 3.91. The summed E-state index contributed by atoms with van der Waals surface area (Å²) < 4.78 is 63.9. The zero-order chi connectivity index (χ0) is 17.8. The van der Waals surface area contributed by atoms with Crippen LogP contribution in [0.1, 0.15) is 19.3 Å². The number of nitrogens with zero attached hydrogens (tertiary/aromatic N) is 3. The minimum atomic E-state index is -4.51. The SMILES string of the molecule is O=C(O)[C@@]12CCC[C@H]1CN(S(=O)(=O)c1cnn(CC(F)(F)F)c1)C2. The van der Waals surface area contributed by atoms with Crippen molar-refractivity contribution in [1.29, 1.82) is 0 Å². The van der Waals surface area contributed by atoms with Gasteiger partial charge in [-0.25, -0.2) is 8.42 Å². The molecule has 0 spiro atoms. The van der Waals surface area contributed by atoms with Crippen molar-refractivity contribution in [2.45, 2.75) is 36.9 Å². The number of hydrogen-bond donors (Lipinski definition) is 1. The van der Waals surface area contributed by atoms with Gasteiger partial charge in [-0.3, -0.25) is 9.48 Å². The molecule has 0 aromatic carbocycles. The van der Waals surface area contributed by atoms with E-state index in [1.807, 2.05) is 0 Å². The zero-order valence-electron chi connectivity index (χ0n) is 12.5. The molecule has 2 fully saturated rings. The van der Waals surface area contributed by atoms with Crippen molar-refractivity contribution in [3.8, 4) is 0 Å². The Labute approximate surface area is 136 Å². The third-order valence-corrected chi connectivity index (χ3v) is 6.62. The molecule has 0 radical (unpaired) electrons. The molecule has 11 heteroatoms. The fourth-order valence-corrected chi connectivity index (χ4v) is 5.18. The lowest BCUT2D eigenvalue weighted by Gasteiger charge is -2.23. The van der Waals surface area contributed by atoms with Crippen LogP contribution in [0.5, 0.6) is 0 Å². The van der Waals surface area contributed by atoms with Crippen molar-refractivity contribution in [3.63, 3.8) is 0 Å². The maximum absolute atomic E-state index is 12.6. The number of alkyl halides is 3. The monoisotopic (exact) mass is 367 g/mol. The first-order valence-electron chi connectivity index (χ1n) is 7.37. The van der Waals surface area contributed by atoms with E-state index in [4.69, 9.17) is 0 Å². The second kappa shape index (κ2) is 5.45. The number of hydrogen-bond acceptors (Lipinski definition) is 4. The second-order valence-electron chi connectivity index (χ2n) is 6.34. The molecule has 3 rings (SSSR count). The Morgan fingerprint density at radius 3 is 2.75 bits per heavy atom. The highest BCUT2D eigenvalue weighted by atomic mass is 32.2. The van der Waals surface area contributed by atoms with Gasteiger partial charge in [0.15, 0.2) is 0 Å². The van der Waals surface area contributed by atoms with Gasteiger partial charge in [0.1, 0.15) is 11.4 Å². The molecule has 1 saturated carbocycles. The van der Waals surface area contributed by atoms with E-state index in [0.29, 0.717) is 17.5 Å². The molecule has 1 aliphatic carbocycles. The maximum Gasteiger partial charge on any atom is 0.408 e. The Bertz CT molecular complexity index is 761. The van der Waals surface area contributed by atoms with Gasteiger partial charge in [0.05, 0.1) is 11.6 Å². The van der Waals surface area contributed by atoms with E-state index in [0.717, 1.165) is 23.1 Å². The van der Waals surface area contributed by atoms with Crippen LogP contribution in [-0.2, 0) is 21.4 Å². The van der Waals surface area contributed by atoms with Crippen LogP contribution in [-0.4, -0.2) is 52.8 Å². The number of carboxylic acid groups (broad SMARTS) is 1. The minimum absolute atomic E-state index is 0.0685. The van der Waals surface area contributed by atoms with Gasteiger partial charge < -0.3 is 5.11 Å². The lowest BCUT2D eigenvalue weighted by atomic mass is 9.81. The summed E-state index contributed by atoms with van der Waals surface area (Å²) in [5, 5.41) is 12.9. The van der Waals surface area contributed by atoms with E-state index in [1.165, 1.54) is 0 Å². The molecule has 134 valence electrons. The summed E-state index contributed by atoms with van der Waals surface area (Å²) in [4.78, 5) is 11.3. The van der Waals surface area contributed by atoms with Gasteiger partial charge in [-0.2, -0.15) is 22.6 Å². The van der Waals surface area contributed by atoms with Crippen LogP contribution in [0.3, 0.4) is 0 Å². The molecule has 1 aromatic rings. The fourth-order valence-electron chi connectivity index (χ4n) is 3.67. The van der Waals surface area contributed by atoms with E-state index >= 15 is 0 Å². The molecule has 0 bridgehead atoms. The quantitative estimate of drug-likeness (QED) is 0.867. The van der Waals surface area contributed by atoms with Crippen molar-refractivity contribution in [2.75, 3.05) is 13.1 Å². The van der Waals surface area contributed by atoms with Crippen LogP contribution in [0.4, 0.5) is 13.2 Å². The predicted octanol–water partition coefficient (Wildman–Crippen LogP) is 1.32. The number of aliphatic carboxylic acids is 1.